The lowest BCUT2D eigenvalue weighted by Crippen LogP contribution is -2.28. The molecule has 2 aromatic heterocycles. The van der Waals surface area contributed by atoms with Gasteiger partial charge in [0.2, 0.25) is 5.91 Å². The van der Waals surface area contributed by atoms with Crippen molar-refractivity contribution < 1.29 is 4.79 Å². The monoisotopic (exact) mass is 351 g/mol. The summed E-state index contributed by atoms with van der Waals surface area (Å²) in [5, 5.41) is 10.7. The Balaban J connectivity index is 1.74. The molecule has 0 saturated heterocycles. The first-order valence-corrected chi connectivity index (χ1v) is 7.41. The molecule has 9 heteroatoms. The minimum absolute atomic E-state index is 0.0140. The molecule has 0 unspecified atom stereocenters. The summed E-state index contributed by atoms with van der Waals surface area (Å²) in [6.07, 6.45) is 1.39. The van der Waals surface area contributed by atoms with Crippen LogP contribution in [0.25, 0.3) is 10.8 Å². The molecule has 0 atom stereocenters. The van der Waals surface area contributed by atoms with Crippen LogP contribution in [-0.4, -0.2) is 25.7 Å². The zero-order valence-electron chi connectivity index (χ0n) is 11.7. The van der Waals surface area contributed by atoms with Crippen LogP contribution in [0, 0.1) is 0 Å². The zero-order chi connectivity index (χ0) is 16.4. The Morgan fingerprint density at radius 3 is 2.70 bits per heavy atom. The standard InChI is InChI=1S/C14H11Cl2N5O2/c15-12-13(16)21(7-18-12)6-11(22)17-5-10-8-3-1-2-4-9(8)14(23)20-19-10/h1-4,7H,5-6H2,(H,17,22)(H,20,23). The van der Waals surface area contributed by atoms with Gasteiger partial charge in [-0.15, -0.1) is 0 Å². The van der Waals surface area contributed by atoms with Gasteiger partial charge >= 0.3 is 0 Å². The number of hydrogen-bond acceptors (Lipinski definition) is 4. The Morgan fingerprint density at radius 1 is 1.26 bits per heavy atom. The average Bonchev–Trinajstić information content (AvgIpc) is 2.86. The van der Waals surface area contributed by atoms with E-state index in [0.29, 0.717) is 16.5 Å². The molecule has 0 saturated carbocycles. The lowest BCUT2D eigenvalue weighted by Gasteiger charge is -2.08. The van der Waals surface area contributed by atoms with Crippen molar-refractivity contribution in [1.29, 1.82) is 0 Å². The molecule has 0 spiro atoms. The average molecular weight is 352 g/mol. The number of fused-ring (bicyclic) bond motifs is 1. The van der Waals surface area contributed by atoms with Gasteiger partial charge in [0.25, 0.3) is 5.56 Å². The number of hydrogen-bond donors (Lipinski definition) is 2. The second kappa shape index (κ2) is 6.39. The second-order valence-corrected chi connectivity index (χ2v) is 5.49. The molecule has 0 bridgehead atoms. The van der Waals surface area contributed by atoms with E-state index in [4.69, 9.17) is 23.2 Å². The van der Waals surface area contributed by atoms with Gasteiger partial charge in [-0.25, -0.2) is 10.1 Å². The SMILES string of the molecule is O=C(Cn1cnc(Cl)c1Cl)NCc1n[nH]c(=O)c2ccccc12. The summed E-state index contributed by atoms with van der Waals surface area (Å²) in [5.74, 6) is -0.280. The molecule has 7 nitrogen and oxygen atoms in total. The molecule has 2 N–H and O–H groups in total. The van der Waals surface area contributed by atoms with Gasteiger partial charge in [-0.2, -0.15) is 5.10 Å². The predicted octanol–water partition coefficient (Wildman–Crippen LogP) is 1.74. The number of halogens is 2. The van der Waals surface area contributed by atoms with Crippen molar-refractivity contribution in [2.75, 3.05) is 0 Å². The van der Waals surface area contributed by atoms with Crippen LogP contribution in [0.1, 0.15) is 5.69 Å². The van der Waals surface area contributed by atoms with E-state index >= 15 is 0 Å². The molecular weight excluding hydrogens is 341 g/mol. The van der Waals surface area contributed by atoms with Crippen LogP contribution in [0.2, 0.25) is 10.3 Å². The normalized spacial score (nSPS) is 10.9. The summed E-state index contributed by atoms with van der Waals surface area (Å²) in [5.41, 5.74) is 0.304. The van der Waals surface area contributed by atoms with Gasteiger partial charge in [-0.05, 0) is 6.07 Å². The summed E-state index contributed by atoms with van der Waals surface area (Å²) in [4.78, 5) is 27.5. The van der Waals surface area contributed by atoms with Crippen molar-refractivity contribution in [3.63, 3.8) is 0 Å². The number of H-pyrrole nitrogens is 1. The maximum absolute atomic E-state index is 12.0. The second-order valence-electron chi connectivity index (χ2n) is 4.78. The third kappa shape index (κ3) is 3.20. The fourth-order valence-corrected chi connectivity index (χ4v) is 2.46. The van der Waals surface area contributed by atoms with E-state index in [-0.39, 0.29) is 34.9 Å². The Morgan fingerprint density at radius 2 is 2.00 bits per heavy atom. The Kier molecular flexibility index (Phi) is 4.31. The Bertz CT molecular complexity index is 934. The van der Waals surface area contributed by atoms with Crippen molar-refractivity contribution in [1.82, 2.24) is 25.1 Å². The molecule has 118 valence electrons. The minimum Gasteiger partial charge on any atom is -0.349 e. The summed E-state index contributed by atoms with van der Waals surface area (Å²) in [6, 6.07) is 7.06. The van der Waals surface area contributed by atoms with Crippen LogP contribution < -0.4 is 10.9 Å². The van der Waals surface area contributed by atoms with E-state index in [9.17, 15) is 9.59 Å². The van der Waals surface area contributed by atoms with Crippen molar-refractivity contribution in [3.8, 4) is 0 Å². The smallest absolute Gasteiger partial charge is 0.272 e. The highest BCUT2D eigenvalue weighted by molar-refractivity contribution is 6.40. The van der Waals surface area contributed by atoms with Gasteiger partial charge in [0, 0.05) is 5.39 Å². The van der Waals surface area contributed by atoms with Gasteiger partial charge < -0.3 is 9.88 Å². The van der Waals surface area contributed by atoms with Crippen LogP contribution in [0.15, 0.2) is 35.4 Å². The van der Waals surface area contributed by atoms with Crippen LogP contribution in [-0.2, 0) is 17.9 Å². The topological polar surface area (TPSA) is 92.7 Å². The van der Waals surface area contributed by atoms with Crippen molar-refractivity contribution in [3.05, 3.63) is 56.9 Å². The number of amides is 1. The molecule has 23 heavy (non-hydrogen) atoms. The maximum atomic E-state index is 12.0. The highest BCUT2D eigenvalue weighted by atomic mass is 35.5. The Labute approximate surface area is 140 Å². The molecule has 3 aromatic rings. The third-order valence-corrected chi connectivity index (χ3v) is 4.04. The molecule has 1 aromatic carbocycles. The van der Waals surface area contributed by atoms with E-state index in [0.717, 1.165) is 0 Å². The van der Waals surface area contributed by atoms with Gasteiger partial charge in [-0.3, -0.25) is 9.59 Å². The van der Waals surface area contributed by atoms with E-state index in [1.165, 1.54) is 10.9 Å². The summed E-state index contributed by atoms with van der Waals surface area (Å²) < 4.78 is 1.43. The number of aromatic amines is 1. The number of carbonyl (C=O) groups excluding carboxylic acids is 1. The number of aromatic nitrogens is 4. The van der Waals surface area contributed by atoms with Crippen molar-refractivity contribution >= 4 is 39.9 Å². The summed E-state index contributed by atoms with van der Waals surface area (Å²) in [6.45, 7) is 0.163. The number of rotatable bonds is 4. The van der Waals surface area contributed by atoms with Crippen molar-refractivity contribution in [2.24, 2.45) is 0 Å². The van der Waals surface area contributed by atoms with Crippen LogP contribution in [0.4, 0.5) is 0 Å². The van der Waals surface area contributed by atoms with E-state index < -0.39 is 0 Å². The quantitative estimate of drug-likeness (QED) is 0.748. The summed E-state index contributed by atoms with van der Waals surface area (Å²) in [7, 11) is 0. The molecular formula is C14H11Cl2N5O2. The van der Waals surface area contributed by atoms with Gasteiger partial charge in [0.15, 0.2) is 5.15 Å². The zero-order valence-corrected chi connectivity index (χ0v) is 13.2. The Hall–Kier alpha value is -2.38. The van der Waals surface area contributed by atoms with Crippen LogP contribution >= 0.6 is 23.2 Å². The van der Waals surface area contributed by atoms with E-state index in [2.05, 4.69) is 20.5 Å². The first-order chi connectivity index (χ1) is 11.1. The van der Waals surface area contributed by atoms with E-state index in [1.54, 1.807) is 18.2 Å². The molecule has 0 aliphatic carbocycles. The summed E-state index contributed by atoms with van der Waals surface area (Å²) >= 11 is 11.6. The molecule has 0 fully saturated rings. The molecule has 1 amide bonds. The molecule has 2 heterocycles. The van der Waals surface area contributed by atoms with Gasteiger partial charge in [-0.1, -0.05) is 41.4 Å². The maximum Gasteiger partial charge on any atom is 0.272 e. The first-order valence-electron chi connectivity index (χ1n) is 6.65. The molecule has 0 aliphatic heterocycles. The lowest BCUT2D eigenvalue weighted by atomic mass is 10.1. The predicted molar refractivity (Wildman–Crippen MR) is 86.5 cm³/mol. The number of benzene rings is 1. The van der Waals surface area contributed by atoms with Crippen LogP contribution in [0.5, 0.6) is 0 Å². The van der Waals surface area contributed by atoms with Gasteiger partial charge in [0.05, 0.1) is 24.0 Å². The number of nitrogens with zero attached hydrogens (tertiary/aromatic N) is 3. The first kappa shape index (κ1) is 15.5. The fourth-order valence-electron chi connectivity index (χ4n) is 2.15. The van der Waals surface area contributed by atoms with Crippen molar-refractivity contribution in [2.45, 2.75) is 13.1 Å². The number of carbonyl (C=O) groups is 1. The molecule has 3 rings (SSSR count). The number of nitrogens with one attached hydrogen (secondary N) is 2. The lowest BCUT2D eigenvalue weighted by molar-refractivity contribution is -0.121. The highest BCUT2D eigenvalue weighted by Crippen LogP contribution is 2.19. The largest absolute Gasteiger partial charge is 0.349 e. The minimum atomic E-state index is -0.280. The molecule has 0 radical (unpaired) electrons. The molecule has 0 aliphatic rings. The van der Waals surface area contributed by atoms with Crippen LogP contribution in [0.3, 0.4) is 0 Å². The third-order valence-electron chi connectivity index (χ3n) is 3.27. The fraction of sp³-hybridized carbons (Fsp3) is 0.143. The number of imidazole rings is 1. The van der Waals surface area contributed by atoms with E-state index in [1.807, 2.05) is 6.07 Å². The highest BCUT2D eigenvalue weighted by Gasteiger charge is 2.11. The van der Waals surface area contributed by atoms with Gasteiger partial charge in [0.1, 0.15) is 11.7 Å².